The first kappa shape index (κ1) is 18.5. The van der Waals surface area contributed by atoms with Crippen LogP contribution in [0.4, 0.5) is 0 Å². The van der Waals surface area contributed by atoms with Crippen LogP contribution in [-0.2, 0) is 12.8 Å². The van der Waals surface area contributed by atoms with Crippen molar-refractivity contribution in [2.45, 2.75) is 18.4 Å². The van der Waals surface area contributed by atoms with Crippen molar-refractivity contribution < 1.29 is 4.79 Å². The van der Waals surface area contributed by atoms with E-state index in [-0.39, 0.29) is 11.4 Å². The summed E-state index contributed by atoms with van der Waals surface area (Å²) in [5.41, 5.74) is 3.30. The highest BCUT2D eigenvalue weighted by Crippen LogP contribution is 2.35. The molecule has 1 heterocycles. The summed E-state index contributed by atoms with van der Waals surface area (Å²) in [5, 5.41) is 3.69. The Morgan fingerprint density at radius 3 is 2.22 bits per heavy atom. The number of carbonyl (C=O) groups excluding carboxylic acids is 1. The maximum absolute atomic E-state index is 12.7. The molecule has 4 nitrogen and oxygen atoms in total. The van der Waals surface area contributed by atoms with Crippen LogP contribution in [0.25, 0.3) is 0 Å². The van der Waals surface area contributed by atoms with Gasteiger partial charge in [0.15, 0.2) is 0 Å². The minimum atomic E-state index is -0.0925. The second-order valence-electron chi connectivity index (χ2n) is 7.80. The molecule has 1 saturated heterocycles. The number of piperazine rings is 1. The van der Waals surface area contributed by atoms with Crippen molar-refractivity contribution in [2.24, 2.45) is 0 Å². The third-order valence-corrected chi connectivity index (χ3v) is 6.36. The van der Waals surface area contributed by atoms with Gasteiger partial charge in [-0.05, 0) is 43.1 Å². The second-order valence-corrected chi connectivity index (χ2v) is 8.21. The fourth-order valence-corrected chi connectivity index (χ4v) is 4.62. The van der Waals surface area contributed by atoms with Crippen LogP contribution >= 0.6 is 11.6 Å². The van der Waals surface area contributed by atoms with Crippen LogP contribution in [0.15, 0.2) is 48.5 Å². The van der Waals surface area contributed by atoms with Gasteiger partial charge >= 0.3 is 0 Å². The number of carbonyl (C=O) groups is 1. The molecule has 142 valence electrons. The van der Waals surface area contributed by atoms with Gasteiger partial charge in [0.05, 0.1) is 10.6 Å². The predicted molar refractivity (Wildman–Crippen MR) is 109 cm³/mol. The summed E-state index contributed by atoms with van der Waals surface area (Å²) in [7, 11) is 2.17. The van der Waals surface area contributed by atoms with E-state index < -0.39 is 0 Å². The smallest absolute Gasteiger partial charge is 0.252 e. The standard InChI is InChI=1S/C22H26ClN3O/c1-25-10-12-26(13-11-25)22(14-17-6-2-3-7-18(17)15-22)16-24-21(27)19-8-4-5-9-20(19)23/h2-9H,10-16H2,1H3,(H,24,27). The Labute approximate surface area is 166 Å². The molecule has 2 aromatic rings. The first-order valence-electron chi connectivity index (χ1n) is 9.60. The van der Waals surface area contributed by atoms with Crippen molar-refractivity contribution in [1.82, 2.24) is 15.1 Å². The first-order chi connectivity index (χ1) is 13.1. The Morgan fingerprint density at radius 2 is 1.59 bits per heavy atom. The number of amides is 1. The summed E-state index contributed by atoms with van der Waals surface area (Å²) in [6.07, 6.45) is 1.96. The van der Waals surface area contributed by atoms with Crippen molar-refractivity contribution in [2.75, 3.05) is 39.8 Å². The van der Waals surface area contributed by atoms with Crippen LogP contribution in [0.2, 0.25) is 5.02 Å². The van der Waals surface area contributed by atoms with E-state index in [0.717, 1.165) is 39.0 Å². The molecule has 0 saturated carbocycles. The minimum Gasteiger partial charge on any atom is -0.350 e. The number of nitrogens with one attached hydrogen (secondary N) is 1. The molecule has 2 aliphatic rings. The third-order valence-electron chi connectivity index (χ3n) is 6.03. The predicted octanol–water partition coefficient (Wildman–Crippen LogP) is 2.85. The van der Waals surface area contributed by atoms with E-state index in [4.69, 9.17) is 11.6 Å². The van der Waals surface area contributed by atoms with Crippen molar-refractivity contribution in [3.05, 3.63) is 70.2 Å². The monoisotopic (exact) mass is 383 g/mol. The topological polar surface area (TPSA) is 35.6 Å². The summed E-state index contributed by atoms with van der Waals surface area (Å²) in [6, 6.07) is 15.9. The van der Waals surface area contributed by atoms with E-state index in [1.165, 1.54) is 11.1 Å². The van der Waals surface area contributed by atoms with Gasteiger partial charge < -0.3 is 10.2 Å². The summed E-state index contributed by atoms with van der Waals surface area (Å²) in [4.78, 5) is 17.7. The maximum atomic E-state index is 12.7. The van der Waals surface area contributed by atoms with Gasteiger partial charge in [-0.2, -0.15) is 0 Å². The molecule has 4 rings (SSSR count). The molecule has 2 aromatic carbocycles. The van der Waals surface area contributed by atoms with Crippen molar-refractivity contribution in [3.63, 3.8) is 0 Å². The van der Waals surface area contributed by atoms with Crippen molar-refractivity contribution >= 4 is 17.5 Å². The lowest BCUT2D eigenvalue weighted by atomic mass is 9.91. The zero-order valence-electron chi connectivity index (χ0n) is 15.7. The van der Waals surface area contributed by atoms with E-state index in [2.05, 4.69) is 46.4 Å². The molecule has 1 N–H and O–H groups in total. The fraction of sp³-hybridized carbons (Fsp3) is 0.409. The van der Waals surface area contributed by atoms with Gasteiger partial charge in [0.2, 0.25) is 0 Å². The zero-order valence-corrected chi connectivity index (χ0v) is 16.5. The fourth-order valence-electron chi connectivity index (χ4n) is 4.40. The molecule has 0 aromatic heterocycles. The number of hydrogen-bond acceptors (Lipinski definition) is 3. The molecule has 5 heteroatoms. The van der Waals surface area contributed by atoms with Gasteiger partial charge in [-0.15, -0.1) is 0 Å². The largest absolute Gasteiger partial charge is 0.350 e. The summed E-state index contributed by atoms with van der Waals surface area (Å²) in [5.74, 6) is -0.0925. The summed E-state index contributed by atoms with van der Waals surface area (Å²) >= 11 is 6.21. The van der Waals surface area contributed by atoms with Crippen LogP contribution in [-0.4, -0.2) is 61.0 Å². The lowest BCUT2D eigenvalue weighted by Gasteiger charge is -2.45. The SMILES string of the molecule is CN1CCN(C2(CNC(=O)c3ccccc3Cl)Cc3ccccc3C2)CC1. The quantitative estimate of drug-likeness (QED) is 0.881. The zero-order chi connectivity index (χ0) is 18.9. The molecular weight excluding hydrogens is 358 g/mol. The Bertz CT molecular complexity index is 805. The summed E-state index contributed by atoms with van der Waals surface area (Å²) in [6.45, 7) is 4.83. The van der Waals surface area contributed by atoms with Crippen LogP contribution in [0.5, 0.6) is 0 Å². The Morgan fingerprint density at radius 1 is 1.00 bits per heavy atom. The molecule has 0 spiro atoms. The van der Waals surface area contributed by atoms with E-state index in [0.29, 0.717) is 17.1 Å². The lowest BCUT2D eigenvalue weighted by Crippen LogP contribution is -2.61. The molecule has 1 amide bonds. The number of rotatable bonds is 4. The van der Waals surface area contributed by atoms with Crippen LogP contribution < -0.4 is 5.32 Å². The molecular formula is C22H26ClN3O. The van der Waals surface area contributed by atoms with Gasteiger partial charge in [0.25, 0.3) is 5.91 Å². The van der Waals surface area contributed by atoms with Gasteiger partial charge in [-0.25, -0.2) is 0 Å². The molecule has 1 fully saturated rings. The Hall–Kier alpha value is -1.88. The van der Waals surface area contributed by atoms with Crippen LogP contribution in [0.1, 0.15) is 21.5 Å². The average Bonchev–Trinajstić information content (AvgIpc) is 3.07. The normalized spacial score (nSPS) is 19.6. The number of likely N-dealkylation sites (N-methyl/N-ethyl adjacent to an activating group) is 1. The lowest BCUT2D eigenvalue weighted by molar-refractivity contribution is 0.0435. The number of nitrogens with zero attached hydrogens (tertiary/aromatic N) is 2. The summed E-state index contributed by atoms with van der Waals surface area (Å²) < 4.78 is 0. The van der Waals surface area contributed by atoms with Gasteiger partial charge in [-0.1, -0.05) is 48.0 Å². The average molecular weight is 384 g/mol. The second kappa shape index (κ2) is 7.63. The third kappa shape index (κ3) is 3.75. The van der Waals surface area contributed by atoms with Gasteiger partial charge in [-0.3, -0.25) is 9.69 Å². The highest BCUT2D eigenvalue weighted by atomic mass is 35.5. The molecule has 1 aliphatic heterocycles. The molecule has 0 atom stereocenters. The Balaban J connectivity index is 1.54. The van der Waals surface area contributed by atoms with Crippen molar-refractivity contribution in [3.8, 4) is 0 Å². The van der Waals surface area contributed by atoms with Gasteiger partial charge in [0, 0.05) is 38.3 Å². The highest BCUT2D eigenvalue weighted by molar-refractivity contribution is 6.33. The van der Waals surface area contributed by atoms with Crippen LogP contribution in [0.3, 0.4) is 0 Å². The minimum absolute atomic E-state index is 0.0537. The van der Waals surface area contributed by atoms with E-state index in [1.54, 1.807) is 12.1 Å². The highest BCUT2D eigenvalue weighted by Gasteiger charge is 2.43. The number of hydrogen-bond donors (Lipinski definition) is 1. The molecule has 0 unspecified atom stereocenters. The number of fused-ring (bicyclic) bond motifs is 1. The number of benzene rings is 2. The Kier molecular flexibility index (Phi) is 5.22. The van der Waals surface area contributed by atoms with E-state index in [1.807, 2.05) is 12.1 Å². The number of halogens is 1. The molecule has 0 radical (unpaired) electrons. The van der Waals surface area contributed by atoms with Crippen LogP contribution in [0, 0.1) is 0 Å². The van der Waals surface area contributed by atoms with E-state index in [9.17, 15) is 4.79 Å². The van der Waals surface area contributed by atoms with Crippen molar-refractivity contribution in [1.29, 1.82) is 0 Å². The van der Waals surface area contributed by atoms with E-state index >= 15 is 0 Å². The first-order valence-corrected chi connectivity index (χ1v) is 9.98. The molecule has 1 aliphatic carbocycles. The molecule has 27 heavy (non-hydrogen) atoms. The molecule has 0 bridgehead atoms. The van der Waals surface area contributed by atoms with Gasteiger partial charge in [0.1, 0.15) is 0 Å². The maximum Gasteiger partial charge on any atom is 0.252 e.